The van der Waals surface area contributed by atoms with Crippen LogP contribution in [0.4, 0.5) is 0 Å². The summed E-state index contributed by atoms with van der Waals surface area (Å²) in [4.78, 5) is 0. The fraction of sp³-hybridized carbons (Fsp3) is 0.167. The van der Waals surface area contributed by atoms with E-state index in [9.17, 15) is 0 Å². The number of aryl methyl sites for hydroxylation is 1. The smallest absolute Gasteiger partial charge is 0.0398 e. The van der Waals surface area contributed by atoms with Gasteiger partial charge in [0.25, 0.3) is 0 Å². The van der Waals surface area contributed by atoms with Gasteiger partial charge in [-0.2, -0.15) is 0 Å². The van der Waals surface area contributed by atoms with Gasteiger partial charge < -0.3 is 0 Å². The van der Waals surface area contributed by atoms with Gasteiger partial charge in [-0.1, -0.05) is 42.0 Å². The lowest BCUT2D eigenvalue weighted by molar-refractivity contribution is 1.48. The van der Waals surface area contributed by atoms with E-state index in [1.165, 1.54) is 5.56 Å². The monoisotopic (exact) mass is 162 g/mol. The molecule has 0 saturated carbocycles. The van der Waals surface area contributed by atoms with E-state index in [0.29, 0.717) is 0 Å². The second kappa shape index (κ2) is 12.4. The van der Waals surface area contributed by atoms with Gasteiger partial charge in [0.05, 0.1) is 0 Å². The summed E-state index contributed by atoms with van der Waals surface area (Å²) in [6.07, 6.45) is 1.75. The fourth-order valence-electron chi connectivity index (χ4n) is 0.534. The standard InChI is InChI=1S/C7H8.C3H6.C2H4/c1-7-5-3-2-4-6-7;1-3-2;1-2/h2-6H,1H3;3H,1H2,2H3;1-2H2. The Morgan fingerprint density at radius 1 is 1.08 bits per heavy atom. The molecule has 0 N–H and O–H groups in total. The molecule has 1 aromatic rings. The van der Waals surface area contributed by atoms with Crippen molar-refractivity contribution in [2.45, 2.75) is 13.8 Å². The van der Waals surface area contributed by atoms with Crippen LogP contribution in [0.15, 0.2) is 56.1 Å². The van der Waals surface area contributed by atoms with Crippen molar-refractivity contribution in [3.63, 3.8) is 0 Å². The zero-order valence-corrected chi connectivity index (χ0v) is 8.09. The van der Waals surface area contributed by atoms with Crippen molar-refractivity contribution in [1.82, 2.24) is 0 Å². The molecule has 0 aliphatic carbocycles. The molecule has 0 unspecified atom stereocenters. The van der Waals surface area contributed by atoms with Crippen molar-refractivity contribution in [3.8, 4) is 0 Å². The van der Waals surface area contributed by atoms with E-state index < -0.39 is 0 Å². The molecule has 0 aliphatic rings. The topological polar surface area (TPSA) is 0 Å². The first kappa shape index (κ1) is 13.3. The maximum atomic E-state index is 3.36. The molecule has 0 aliphatic heterocycles. The van der Waals surface area contributed by atoms with Crippen LogP contribution in [0.1, 0.15) is 12.5 Å². The molecule has 0 atom stereocenters. The Morgan fingerprint density at radius 3 is 1.58 bits per heavy atom. The van der Waals surface area contributed by atoms with Gasteiger partial charge in [-0.3, -0.25) is 0 Å². The molecule has 0 radical (unpaired) electrons. The van der Waals surface area contributed by atoms with E-state index in [0.717, 1.165) is 0 Å². The molecule has 0 heteroatoms. The first-order valence-corrected chi connectivity index (χ1v) is 3.90. The van der Waals surface area contributed by atoms with E-state index in [1.54, 1.807) is 6.08 Å². The van der Waals surface area contributed by atoms with Crippen LogP contribution in [0.3, 0.4) is 0 Å². The second-order valence-corrected chi connectivity index (χ2v) is 2.06. The molecule has 0 aromatic heterocycles. The largest absolute Gasteiger partial charge is 0.106 e. The summed E-state index contributed by atoms with van der Waals surface area (Å²) in [7, 11) is 0. The van der Waals surface area contributed by atoms with E-state index in [2.05, 4.69) is 38.8 Å². The highest BCUT2D eigenvalue weighted by Crippen LogP contribution is 1.92. The highest BCUT2D eigenvalue weighted by molar-refractivity contribution is 5.11. The molecular weight excluding hydrogens is 144 g/mol. The van der Waals surface area contributed by atoms with Crippen LogP contribution < -0.4 is 0 Å². The third-order valence-electron chi connectivity index (χ3n) is 0.940. The Bertz CT molecular complexity index is 174. The number of allylic oxidation sites excluding steroid dienone is 1. The Balaban J connectivity index is 0. The highest BCUT2D eigenvalue weighted by atomic mass is 13.8. The van der Waals surface area contributed by atoms with Gasteiger partial charge in [0.2, 0.25) is 0 Å². The number of hydrogen-bond acceptors (Lipinski definition) is 0. The second-order valence-electron chi connectivity index (χ2n) is 2.06. The summed E-state index contributed by atoms with van der Waals surface area (Å²) in [5.74, 6) is 0. The molecule has 1 aromatic carbocycles. The molecule has 0 nitrogen and oxygen atoms in total. The SMILES string of the molecule is C=C.C=CC.Cc1ccccc1. The van der Waals surface area contributed by atoms with Crippen molar-refractivity contribution in [3.05, 3.63) is 61.7 Å². The van der Waals surface area contributed by atoms with Crippen LogP contribution in [-0.4, -0.2) is 0 Å². The van der Waals surface area contributed by atoms with Crippen molar-refractivity contribution in [2.24, 2.45) is 0 Å². The van der Waals surface area contributed by atoms with Crippen LogP contribution in [0.2, 0.25) is 0 Å². The minimum absolute atomic E-state index is 1.32. The van der Waals surface area contributed by atoms with Gasteiger partial charge in [0, 0.05) is 0 Å². The number of rotatable bonds is 0. The molecule has 0 fully saturated rings. The first-order valence-electron chi connectivity index (χ1n) is 3.90. The van der Waals surface area contributed by atoms with Gasteiger partial charge in [-0.05, 0) is 13.8 Å². The average Bonchev–Trinajstić information content (AvgIpc) is 2.11. The zero-order chi connectivity index (χ0) is 9.82. The lowest BCUT2D eigenvalue weighted by Crippen LogP contribution is -1.62. The van der Waals surface area contributed by atoms with Gasteiger partial charge in [-0.15, -0.1) is 19.7 Å². The maximum Gasteiger partial charge on any atom is -0.0398 e. The predicted octanol–water partition coefficient (Wildman–Crippen LogP) is 3.99. The Morgan fingerprint density at radius 2 is 1.42 bits per heavy atom. The lowest BCUT2D eigenvalue weighted by atomic mass is 10.2. The summed E-state index contributed by atoms with van der Waals surface area (Å²) in [5.41, 5.74) is 1.32. The molecule has 0 heterocycles. The zero-order valence-electron chi connectivity index (χ0n) is 8.09. The minimum atomic E-state index is 1.32. The number of benzene rings is 1. The van der Waals surface area contributed by atoms with Crippen LogP contribution in [-0.2, 0) is 0 Å². The molecule has 0 saturated heterocycles. The summed E-state index contributed by atoms with van der Waals surface area (Å²) in [6.45, 7) is 13.3. The van der Waals surface area contributed by atoms with Crippen LogP contribution in [0.5, 0.6) is 0 Å². The minimum Gasteiger partial charge on any atom is -0.106 e. The van der Waals surface area contributed by atoms with E-state index >= 15 is 0 Å². The van der Waals surface area contributed by atoms with E-state index in [4.69, 9.17) is 0 Å². The molecule has 0 amide bonds. The van der Waals surface area contributed by atoms with Crippen molar-refractivity contribution in [1.29, 1.82) is 0 Å². The van der Waals surface area contributed by atoms with E-state index in [1.807, 2.05) is 25.1 Å². The summed E-state index contributed by atoms with van der Waals surface area (Å²) in [6, 6.07) is 10.3. The third-order valence-corrected chi connectivity index (χ3v) is 0.940. The Kier molecular flexibility index (Phi) is 13.7. The van der Waals surface area contributed by atoms with E-state index in [-0.39, 0.29) is 0 Å². The molecule has 0 bridgehead atoms. The Labute approximate surface area is 76.3 Å². The van der Waals surface area contributed by atoms with Gasteiger partial charge >= 0.3 is 0 Å². The highest BCUT2D eigenvalue weighted by Gasteiger charge is 1.72. The fourth-order valence-corrected chi connectivity index (χ4v) is 0.534. The average molecular weight is 162 g/mol. The molecule has 1 rings (SSSR count). The molecule has 66 valence electrons. The summed E-state index contributed by atoms with van der Waals surface area (Å²) >= 11 is 0. The maximum absolute atomic E-state index is 3.36. The normalized spacial score (nSPS) is 6.50. The molecular formula is C12H18. The van der Waals surface area contributed by atoms with Crippen molar-refractivity contribution in [2.75, 3.05) is 0 Å². The summed E-state index contributed by atoms with van der Waals surface area (Å²) < 4.78 is 0. The van der Waals surface area contributed by atoms with Gasteiger partial charge in [0.15, 0.2) is 0 Å². The predicted molar refractivity (Wildman–Crippen MR) is 58.3 cm³/mol. The first-order chi connectivity index (χ1) is 5.81. The summed E-state index contributed by atoms with van der Waals surface area (Å²) in [5, 5.41) is 0. The number of hydrogen-bond donors (Lipinski definition) is 0. The Hall–Kier alpha value is -1.30. The van der Waals surface area contributed by atoms with Crippen LogP contribution in [0, 0.1) is 6.92 Å². The van der Waals surface area contributed by atoms with Crippen LogP contribution in [0.25, 0.3) is 0 Å². The lowest BCUT2D eigenvalue weighted by Gasteiger charge is -1.82. The van der Waals surface area contributed by atoms with Crippen LogP contribution >= 0.6 is 0 Å². The van der Waals surface area contributed by atoms with Gasteiger partial charge in [0.1, 0.15) is 0 Å². The third kappa shape index (κ3) is 11.5. The van der Waals surface area contributed by atoms with Crippen molar-refractivity contribution >= 4 is 0 Å². The van der Waals surface area contributed by atoms with Gasteiger partial charge in [-0.25, -0.2) is 0 Å². The molecule has 0 spiro atoms. The van der Waals surface area contributed by atoms with Crippen molar-refractivity contribution < 1.29 is 0 Å². The quantitative estimate of drug-likeness (QED) is 0.506. The molecule has 12 heavy (non-hydrogen) atoms.